The van der Waals surface area contributed by atoms with Crippen molar-refractivity contribution in [2.24, 2.45) is 0 Å². The van der Waals surface area contributed by atoms with Crippen LogP contribution in [-0.4, -0.2) is 10.1 Å². The van der Waals surface area contributed by atoms with Crippen LogP contribution in [0.15, 0.2) is 35.0 Å². The summed E-state index contributed by atoms with van der Waals surface area (Å²) in [6, 6.07) is 6.18. The normalized spacial score (nSPS) is 10.8. The molecule has 0 aliphatic heterocycles. The molecule has 1 N–H and O–H groups in total. The summed E-state index contributed by atoms with van der Waals surface area (Å²) >= 11 is 5.86. The van der Waals surface area contributed by atoms with Crippen LogP contribution < -0.4 is 10.2 Å². The van der Waals surface area contributed by atoms with Gasteiger partial charge in [-0.25, -0.2) is 4.39 Å². The molecule has 0 amide bonds. The number of benzene rings is 2. The molecule has 112 valence electrons. The maximum Gasteiger partial charge on any atom is 0.316 e. The molecule has 10 heteroatoms. The van der Waals surface area contributed by atoms with Crippen LogP contribution in [0.1, 0.15) is 0 Å². The zero-order valence-electron chi connectivity index (χ0n) is 10.6. The predicted octanol–water partition coefficient (Wildman–Crippen LogP) is 2.91. The fourth-order valence-corrected chi connectivity index (χ4v) is 2.21. The van der Waals surface area contributed by atoms with Crippen molar-refractivity contribution in [3.63, 3.8) is 0 Å². The Balaban J connectivity index is 2.22. The first kappa shape index (κ1) is 14.0. The van der Waals surface area contributed by atoms with E-state index in [1.165, 1.54) is 24.3 Å². The van der Waals surface area contributed by atoms with Crippen molar-refractivity contribution < 1.29 is 18.8 Å². The van der Waals surface area contributed by atoms with E-state index in [1.807, 2.05) is 0 Å². The zero-order chi connectivity index (χ0) is 15.9. The second-order valence-corrected chi connectivity index (χ2v) is 4.68. The van der Waals surface area contributed by atoms with Crippen molar-refractivity contribution in [2.75, 3.05) is 5.32 Å². The van der Waals surface area contributed by atoms with Crippen molar-refractivity contribution in [1.29, 1.82) is 0 Å². The highest BCUT2D eigenvalue weighted by Gasteiger charge is 2.29. The summed E-state index contributed by atoms with van der Waals surface area (Å²) in [7, 11) is 0. The predicted molar refractivity (Wildman–Crippen MR) is 74.3 cm³/mol. The van der Waals surface area contributed by atoms with E-state index in [9.17, 15) is 19.7 Å². The number of rotatable bonds is 3. The standard InChI is InChI=1S/C12H6ClFN4O4/c13-8-5-9-10(16-22-18(9)21)11(12(8)17(19)20)15-7-3-1-6(14)2-4-7/h1-5,15H. The Morgan fingerprint density at radius 3 is 2.68 bits per heavy atom. The topological polar surface area (TPSA) is 108 Å². The van der Waals surface area contributed by atoms with Crippen LogP contribution in [0.3, 0.4) is 0 Å². The lowest BCUT2D eigenvalue weighted by Crippen LogP contribution is -2.22. The number of hydrogen-bond acceptors (Lipinski definition) is 6. The number of halogens is 2. The molecule has 0 aliphatic carbocycles. The number of nitro groups is 1. The Hall–Kier alpha value is -2.94. The molecule has 0 atom stereocenters. The van der Waals surface area contributed by atoms with Gasteiger partial charge in [0.15, 0.2) is 5.69 Å². The van der Waals surface area contributed by atoms with E-state index < -0.39 is 16.4 Å². The van der Waals surface area contributed by atoms with E-state index in [0.717, 1.165) is 6.07 Å². The van der Waals surface area contributed by atoms with E-state index in [-0.39, 0.29) is 26.6 Å². The second kappa shape index (κ2) is 5.11. The smallest absolute Gasteiger partial charge is 0.316 e. The number of nitrogens with zero attached hydrogens (tertiary/aromatic N) is 3. The Labute approximate surface area is 126 Å². The SMILES string of the molecule is O=[N+]([O-])c1c(Cl)cc2c(no[n+]2[O-])c1Nc1ccc(F)cc1. The third kappa shape index (κ3) is 2.27. The quantitative estimate of drug-likeness (QED) is 0.451. The van der Waals surface area contributed by atoms with Crippen LogP contribution >= 0.6 is 11.6 Å². The Morgan fingerprint density at radius 1 is 1.36 bits per heavy atom. The molecule has 8 nitrogen and oxygen atoms in total. The highest BCUT2D eigenvalue weighted by Crippen LogP contribution is 2.39. The van der Waals surface area contributed by atoms with Crippen LogP contribution in [-0.2, 0) is 0 Å². The van der Waals surface area contributed by atoms with Gasteiger partial charge >= 0.3 is 5.69 Å². The van der Waals surface area contributed by atoms with E-state index in [4.69, 9.17) is 11.6 Å². The largest absolute Gasteiger partial charge is 0.359 e. The van der Waals surface area contributed by atoms with Crippen LogP contribution in [0, 0.1) is 21.1 Å². The summed E-state index contributed by atoms with van der Waals surface area (Å²) in [4.78, 5) is 10.6. The molecule has 22 heavy (non-hydrogen) atoms. The van der Waals surface area contributed by atoms with Gasteiger partial charge in [0.1, 0.15) is 10.8 Å². The Morgan fingerprint density at radius 2 is 2.05 bits per heavy atom. The van der Waals surface area contributed by atoms with Crippen molar-refractivity contribution in [1.82, 2.24) is 5.16 Å². The van der Waals surface area contributed by atoms with Gasteiger partial charge in [0.25, 0.3) is 5.52 Å². The number of nitro benzene ring substituents is 1. The van der Waals surface area contributed by atoms with E-state index in [0.29, 0.717) is 5.69 Å². The van der Waals surface area contributed by atoms with Gasteiger partial charge in [-0.15, -0.1) is 0 Å². The van der Waals surface area contributed by atoms with E-state index >= 15 is 0 Å². The van der Waals surface area contributed by atoms with Crippen LogP contribution in [0.25, 0.3) is 11.0 Å². The first-order valence-corrected chi connectivity index (χ1v) is 6.24. The number of anilines is 2. The Bertz CT molecular complexity index is 881. The van der Waals surface area contributed by atoms with Crippen LogP contribution in [0.4, 0.5) is 21.5 Å². The first-order chi connectivity index (χ1) is 10.5. The maximum absolute atomic E-state index is 12.9. The van der Waals surface area contributed by atoms with E-state index in [2.05, 4.69) is 15.1 Å². The van der Waals surface area contributed by atoms with Gasteiger partial charge in [-0.3, -0.25) is 14.7 Å². The molecule has 0 fully saturated rings. The van der Waals surface area contributed by atoms with Gasteiger partial charge in [-0.2, -0.15) is 0 Å². The minimum absolute atomic E-state index is 0.0598. The summed E-state index contributed by atoms with van der Waals surface area (Å²) in [5.41, 5.74) is -0.353. The van der Waals surface area contributed by atoms with Gasteiger partial charge in [0, 0.05) is 16.9 Å². The van der Waals surface area contributed by atoms with Gasteiger partial charge < -0.3 is 10.5 Å². The summed E-state index contributed by atoms with van der Waals surface area (Å²) in [6.45, 7) is 0. The van der Waals surface area contributed by atoms with Crippen molar-refractivity contribution in [2.45, 2.75) is 0 Å². The highest BCUT2D eigenvalue weighted by atomic mass is 35.5. The molecule has 0 saturated heterocycles. The minimum atomic E-state index is -0.711. The average Bonchev–Trinajstić information content (AvgIpc) is 2.82. The maximum atomic E-state index is 12.9. The molecule has 2 aromatic carbocycles. The monoisotopic (exact) mass is 324 g/mol. The number of nitrogens with one attached hydrogen (secondary N) is 1. The molecular weight excluding hydrogens is 319 g/mol. The fraction of sp³-hybridized carbons (Fsp3) is 0. The van der Waals surface area contributed by atoms with Gasteiger partial charge in [0.05, 0.1) is 4.92 Å². The molecular formula is C12H6ClFN4O4. The highest BCUT2D eigenvalue weighted by molar-refractivity contribution is 6.34. The van der Waals surface area contributed by atoms with E-state index in [1.54, 1.807) is 0 Å². The molecule has 0 radical (unpaired) electrons. The molecule has 1 aromatic heterocycles. The Kier molecular flexibility index (Phi) is 3.26. The number of fused-ring (bicyclic) bond motifs is 1. The third-order valence-corrected chi connectivity index (χ3v) is 3.19. The number of hydrogen-bond donors (Lipinski definition) is 1. The average molecular weight is 325 g/mol. The van der Waals surface area contributed by atoms with Gasteiger partial charge in [-0.05, 0) is 29.2 Å². The molecule has 0 saturated carbocycles. The lowest BCUT2D eigenvalue weighted by atomic mass is 10.2. The molecule has 1 heterocycles. The number of aromatic nitrogens is 2. The van der Waals surface area contributed by atoms with Crippen molar-refractivity contribution in [3.05, 3.63) is 56.5 Å². The second-order valence-electron chi connectivity index (χ2n) is 4.27. The molecule has 3 rings (SSSR count). The van der Waals surface area contributed by atoms with Crippen molar-refractivity contribution >= 4 is 39.7 Å². The lowest BCUT2D eigenvalue weighted by molar-refractivity contribution is -0.782. The summed E-state index contributed by atoms with van der Waals surface area (Å²) in [5.74, 6) is -0.463. The van der Waals surface area contributed by atoms with Crippen LogP contribution in [0.2, 0.25) is 5.02 Å². The molecule has 3 aromatic rings. The zero-order valence-corrected chi connectivity index (χ0v) is 11.4. The first-order valence-electron chi connectivity index (χ1n) is 5.86. The van der Waals surface area contributed by atoms with Crippen LogP contribution in [0.5, 0.6) is 0 Å². The summed E-state index contributed by atoms with van der Waals surface area (Å²) < 4.78 is 17.4. The summed E-state index contributed by atoms with van der Waals surface area (Å²) in [6.07, 6.45) is 0. The fourth-order valence-electron chi connectivity index (χ4n) is 1.94. The third-order valence-electron chi connectivity index (χ3n) is 2.90. The van der Waals surface area contributed by atoms with Crippen molar-refractivity contribution in [3.8, 4) is 0 Å². The molecule has 0 aliphatic rings. The van der Waals surface area contributed by atoms with Gasteiger partial charge in [-0.1, -0.05) is 11.6 Å². The molecule has 0 spiro atoms. The van der Waals surface area contributed by atoms with Gasteiger partial charge in [0.2, 0.25) is 5.52 Å². The minimum Gasteiger partial charge on any atom is -0.359 e. The lowest BCUT2D eigenvalue weighted by Gasteiger charge is -2.06. The summed E-state index contributed by atoms with van der Waals surface area (Å²) in [5, 5.41) is 28.6. The molecule has 0 bridgehead atoms. The molecule has 0 unspecified atom stereocenters.